The van der Waals surface area contributed by atoms with Crippen molar-refractivity contribution in [1.29, 1.82) is 0 Å². The number of nitrogen functional groups attached to an aromatic ring is 1. The fourth-order valence-electron chi connectivity index (χ4n) is 2.00. The quantitative estimate of drug-likeness (QED) is 0.730. The zero-order valence-electron chi connectivity index (χ0n) is 12.0. The van der Waals surface area contributed by atoms with Gasteiger partial charge in [0.05, 0.1) is 5.69 Å². The molecule has 2 N–H and O–H groups in total. The van der Waals surface area contributed by atoms with Crippen LogP contribution in [0.2, 0.25) is 0 Å². The lowest BCUT2D eigenvalue weighted by Gasteiger charge is -2.06. The van der Waals surface area contributed by atoms with Crippen LogP contribution >= 0.6 is 0 Å². The van der Waals surface area contributed by atoms with Crippen LogP contribution in [0.5, 0.6) is 0 Å². The van der Waals surface area contributed by atoms with Crippen LogP contribution in [0.4, 0.5) is 5.82 Å². The van der Waals surface area contributed by atoms with Gasteiger partial charge in [-0.2, -0.15) is 5.10 Å². The van der Waals surface area contributed by atoms with Gasteiger partial charge in [-0.25, -0.2) is 0 Å². The summed E-state index contributed by atoms with van der Waals surface area (Å²) in [6.07, 6.45) is 6.04. The number of benzene rings is 1. The zero-order chi connectivity index (χ0) is 15.1. The first-order chi connectivity index (χ1) is 10.3. The topological polar surface area (TPSA) is 64.7 Å². The first-order valence-electron chi connectivity index (χ1n) is 6.72. The Hall–Kier alpha value is -2.75. The molecule has 4 nitrogen and oxygen atoms in total. The van der Waals surface area contributed by atoms with Gasteiger partial charge < -0.3 is 5.73 Å². The van der Waals surface area contributed by atoms with Gasteiger partial charge in [-0.05, 0) is 24.6 Å². The van der Waals surface area contributed by atoms with Crippen LogP contribution in [0, 0.1) is 0 Å². The van der Waals surface area contributed by atoms with Crippen molar-refractivity contribution in [3.8, 4) is 0 Å². The molecule has 0 spiro atoms. The number of nitrogens with zero attached hydrogens (tertiary/aromatic N) is 3. The Kier molecular flexibility index (Phi) is 4.99. The molecule has 2 aromatic heterocycles. The summed E-state index contributed by atoms with van der Waals surface area (Å²) in [5.41, 5.74) is 7.93. The Bertz CT molecular complexity index is 723. The summed E-state index contributed by atoms with van der Waals surface area (Å²) in [5.74, 6) is 0.476. The summed E-state index contributed by atoms with van der Waals surface area (Å²) in [6, 6.07) is 11.9. The average Bonchev–Trinajstić information content (AvgIpc) is 2.52. The number of rotatable bonds is 2. The number of hydrogen-bond acceptors (Lipinski definition) is 4. The second-order valence-electron chi connectivity index (χ2n) is 4.52. The Morgan fingerprint density at radius 2 is 1.67 bits per heavy atom. The van der Waals surface area contributed by atoms with E-state index in [1.807, 2.05) is 43.3 Å². The second-order valence-corrected chi connectivity index (χ2v) is 4.52. The lowest BCUT2D eigenvalue weighted by Crippen LogP contribution is -2.01. The molecule has 0 unspecified atom stereocenters. The lowest BCUT2D eigenvalue weighted by molar-refractivity contribution is 0.963. The molecule has 0 radical (unpaired) electrons. The van der Waals surface area contributed by atoms with Crippen LogP contribution in [0.3, 0.4) is 0 Å². The number of pyridine rings is 1. The van der Waals surface area contributed by atoms with E-state index in [-0.39, 0.29) is 0 Å². The highest BCUT2D eigenvalue weighted by Gasteiger charge is 2.07. The molecule has 3 aromatic rings. The predicted octanol–water partition coefficient (Wildman–Crippen LogP) is 3.39. The predicted molar refractivity (Wildman–Crippen MR) is 86.9 cm³/mol. The summed E-state index contributed by atoms with van der Waals surface area (Å²) in [5, 5.41) is 10.2. The minimum atomic E-state index is 0.476. The normalized spacial score (nSPS) is 9.76. The molecular formula is C17H18N4. The Labute approximate surface area is 124 Å². The molecule has 0 saturated heterocycles. The van der Waals surface area contributed by atoms with Crippen molar-refractivity contribution in [3.05, 3.63) is 72.7 Å². The maximum atomic E-state index is 5.83. The summed E-state index contributed by atoms with van der Waals surface area (Å²) in [6.45, 7) is 5.25. The third-order valence-electron chi connectivity index (χ3n) is 2.91. The second kappa shape index (κ2) is 7.14. The monoisotopic (exact) mass is 278 g/mol. The minimum Gasteiger partial charge on any atom is -0.382 e. The highest BCUT2D eigenvalue weighted by molar-refractivity contribution is 5.92. The number of hydrogen-bond donors (Lipinski definition) is 1. The number of aromatic nitrogens is 3. The molecule has 0 bridgehead atoms. The van der Waals surface area contributed by atoms with Gasteiger partial charge in [0.2, 0.25) is 0 Å². The number of fused-ring (bicyclic) bond motifs is 1. The number of allylic oxidation sites excluding steroid dienone is 1. The van der Waals surface area contributed by atoms with E-state index in [1.165, 1.54) is 0 Å². The van der Waals surface area contributed by atoms with Gasteiger partial charge in [-0.3, -0.25) is 4.98 Å². The summed E-state index contributed by atoms with van der Waals surface area (Å²) in [7, 11) is 0. The third-order valence-corrected chi connectivity index (χ3v) is 2.91. The van der Waals surface area contributed by atoms with Gasteiger partial charge in [-0.15, -0.1) is 11.7 Å². The number of nitrogens with two attached hydrogens (primary N) is 1. The maximum absolute atomic E-state index is 5.83. The van der Waals surface area contributed by atoms with Crippen molar-refractivity contribution >= 4 is 16.6 Å². The van der Waals surface area contributed by atoms with Crippen molar-refractivity contribution in [1.82, 2.24) is 15.2 Å². The molecule has 0 aliphatic carbocycles. The van der Waals surface area contributed by atoms with Crippen LogP contribution in [0.25, 0.3) is 10.8 Å². The molecule has 4 heteroatoms. The molecule has 106 valence electrons. The summed E-state index contributed by atoms with van der Waals surface area (Å²) < 4.78 is 0. The van der Waals surface area contributed by atoms with Crippen LogP contribution in [-0.2, 0) is 6.42 Å². The highest BCUT2D eigenvalue weighted by atomic mass is 15.1. The molecule has 0 fully saturated rings. The van der Waals surface area contributed by atoms with E-state index >= 15 is 0 Å². The first-order valence-corrected chi connectivity index (χ1v) is 6.72. The van der Waals surface area contributed by atoms with E-state index in [0.29, 0.717) is 5.82 Å². The molecule has 3 rings (SSSR count). The van der Waals surface area contributed by atoms with Gasteiger partial charge in [0, 0.05) is 29.6 Å². The van der Waals surface area contributed by atoms with Crippen LogP contribution in [0.1, 0.15) is 18.2 Å². The van der Waals surface area contributed by atoms with E-state index in [9.17, 15) is 0 Å². The van der Waals surface area contributed by atoms with E-state index in [0.717, 1.165) is 28.5 Å². The van der Waals surface area contributed by atoms with Gasteiger partial charge in [-0.1, -0.05) is 30.3 Å². The summed E-state index contributed by atoms with van der Waals surface area (Å²) in [4.78, 5) is 4.01. The van der Waals surface area contributed by atoms with Crippen LogP contribution in [-0.4, -0.2) is 15.2 Å². The van der Waals surface area contributed by atoms with E-state index < -0.39 is 0 Å². The van der Waals surface area contributed by atoms with Crippen molar-refractivity contribution in [3.63, 3.8) is 0 Å². The van der Waals surface area contributed by atoms with E-state index in [1.54, 1.807) is 18.5 Å². The fourth-order valence-corrected chi connectivity index (χ4v) is 2.00. The minimum absolute atomic E-state index is 0.476. The lowest BCUT2D eigenvalue weighted by atomic mass is 10.1. The molecule has 2 heterocycles. The molecule has 0 amide bonds. The Morgan fingerprint density at radius 1 is 1.05 bits per heavy atom. The largest absolute Gasteiger partial charge is 0.382 e. The first kappa shape index (κ1) is 14.7. The van der Waals surface area contributed by atoms with Gasteiger partial charge >= 0.3 is 0 Å². The number of anilines is 1. The van der Waals surface area contributed by atoms with E-state index in [2.05, 4.69) is 21.8 Å². The molecule has 0 saturated carbocycles. The molecule has 21 heavy (non-hydrogen) atoms. The standard InChI is InChI=1S/C14H12N4.C3H6/c15-14-12-4-2-1-3-11(12)13(17-18-14)9-10-5-7-16-8-6-10;1-3-2/h1-8H,9H2,(H2,15,18);3H,1H2,2H3. The van der Waals surface area contributed by atoms with Crippen molar-refractivity contribution in [2.45, 2.75) is 13.3 Å². The smallest absolute Gasteiger partial charge is 0.153 e. The van der Waals surface area contributed by atoms with Crippen molar-refractivity contribution in [2.24, 2.45) is 0 Å². The SMILES string of the molecule is C=CC.Nc1nnc(Cc2ccncc2)c2ccccc12. The van der Waals surface area contributed by atoms with Gasteiger partial charge in [0.1, 0.15) is 0 Å². The van der Waals surface area contributed by atoms with E-state index in [4.69, 9.17) is 5.73 Å². The van der Waals surface area contributed by atoms with Crippen molar-refractivity contribution < 1.29 is 0 Å². The molecule has 0 aliphatic rings. The summed E-state index contributed by atoms with van der Waals surface area (Å²) >= 11 is 0. The Balaban J connectivity index is 0.000000497. The third kappa shape index (κ3) is 3.63. The zero-order valence-corrected chi connectivity index (χ0v) is 12.0. The fraction of sp³-hybridized carbons (Fsp3) is 0.118. The average molecular weight is 278 g/mol. The maximum Gasteiger partial charge on any atom is 0.153 e. The molecule has 0 aliphatic heterocycles. The van der Waals surface area contributed by atoms with Crippen LogP contribution < -0.4 is 5.73 Å². The van der Waals surface area contributed by atoms with Crippen molar-refractivity contribution in [2.75, 3.05) is 5.73 Å². The molecule has 0 atom stereocenters. The van der Waals surface area contributed by atoms with Gasteiger partial charge in [0.25, 0.3) is 0 Å². The highest BCUT2D eigenvalue weighted by Crippen LogP contribution is 2.22. The van der Waals surface area contributed by atoms with Gasteiger partial charge in [0.15, 0.2) is 5.82 Å². The molecule has 1 aromatic carbocycles. The van der Waals surface area contributed by atoms with Crippen LogP contribution in [0.15, 0.2) is 61.4 Å². The Morgan fingerprint density at radius 3 is 2.33 bits per heavy atom. The molecular weight excluding hydrogens is 260 g/mol.